The molecule has 0 saturated carbocycles. The Kier molecular flexibility index (Phi) is 35.2. The van der Waals surface area contributed by atoms with Crippen molar-refractivity contribution in [2.75, 3.05) is 52.7 Å². The third kappa shape index (κ3) is 32.2. The molecule has 0 spiro atoms. The molecule has 0 aliphatic heterocycles. The van der Waals surface area contributed by atoms with E-state index < -0.39 is 18.5 Å². The molecule has 0 bridgehead atoms. The molecule has 0 aliphatic carbocycles. The lowest BCUT2D eigenvalue weighted by atomic mass is 10.1. The molecule has 0 aromatic heterocycles. The molecule has 10 heteroatoms. The van der Waals surface area contributed by atoms with Gasteiger partial charge in [-0.05, 0) is 90.1 Å². The highest BCUT2D eigenvalue weighted by molar-refractivity contribution is 5.70. The molecule has 0 radical (unpaired) electrons. The highest BCUT2D eigenvalue weighted by Crippen LogP contribution is 2.16. The lowest BCUT2D eigenvalue weighted by molar-refractivity contribution is -0.160. The van der Waals surface area contributed by atoms with Gasteiger partial charge in [0.1, 0.15) is 6.10 Å². The van der Waals surface area contributed by atoms with Gasteiger partial charge in [0.25, 0.3) is 0 Å². The number of nitrogens with zero attached hydrogens (tertiary/aromatic N) is 1. The molecule has 304 valence electrons. The first-order chi connectivity index (χ1) is 25.3. The Bertz CT molecular complexity index is 882. The van der Waals surface area contributed by atoms with Crippen molar-refractivity contribution in [2.24, 2.45) is 5.92 Å². The van der Waals surface area contributed by atoms with Crippen LogP contribution in [0.25, 0.3) is 0 Å². The molecular formula is C42H77NO9. The first kappa shape index (κ1) is 49.6. The van der Waals surface area contributed by atoms with Crippen LogP contribution in [0.4, 0.5) is 4.79 Å². The van der Waals surface area contributed by atoms with Crippen molar-refractivity contribution < 1.29 is 42.8 Å². The average Bonchev–Trinajstić information content (AvgIpc) is 3.14. The van der Waals surface area contributed by atoms with Gasteiger partial charge in [-0.25, -0.2) is 4.79 Å². The van der Waals surface area contributed by atoms with Gasteiger partial charge in [0.15, 0.2) is 6.29 Å². The Labute approximate surface area is 317 Å². The highest BCUT2D eigenvalue weighted by atomic mass is 16.7. The van der Waals surface area contributed by atoms with E-state index in [0.29, 0.717) is 39.1 Å². The van der Waals surface area contributed by atoms with E-state index in [9.17, 15) is 14.4 Å². The average molecular weight is 740 g/mol. The van der Waals surface area contributed by atoms with Crippen LogP contribution in [0, 0.1) is 5.92 Å². The smallest absolute Gasteiger partial charge is 0.465 e. The standard InChI is InChI=1S/C42H77NO9/c1-7-12-15-18-20-23-32-47-41(48-33-24-21-19-16-13-8-2)30-29-40(45)51-36-37(6)35-50-39(44)28-27-38(26-22-17-14-9-3)52-42(46)49-34-25-31-43(10-4)11-5/h12-13,15-16,37-38,41H,7-11,14,17-36H2,1-6H3/b15-12-,16-13-. The summed E-state index contributed by atoms with van der Waals surface area (Å²) < 4.78 is 33.9. The second kappa shape index (κ2) is 36.9. The largest absolute Gasteiger partial charge is 0.508 e. The number of allylic oxidation sites excluding steroid dienone is 4. The fourth-order valence-corrected chi connectivity index (χ4v) is 5.33. The molecule has 0 saturated heterocycles. The number of rotatable bonds is 36. The van der Waals surface area contributed by atoms with Gasteiger partial charge in [-0.2, -0.15) is 0 Å². The minimum Gasteiger partial charge on any atom is -0.465 e. The summed E-state index contributed by atoms with van der Waals surface area (Å²) in [6.07, 6.45) is 22.1. The molecule has 2 atom stereocenters. The van der Waals surface area contributed by atoms with Gasteiger partial charge in [0.05, 0.1) is 26.2 Å². The molecule has 0 aliphatic rings. The summed E-state index contributed by atoms with van der Waals surface area (Å²) in [4.78, 5) is 39.8. The van der Waals surface area contributed by atoms with Crippen LogP contribution >= 0.6 is 0 Å². The second-order valence-corrected chi connectivity index (χ2v) is 13.5. The number of carbonyl (C=O) groups excluding carboxylic acids is 3. The lowest BCUT2D eigenvalue weighted by Gasteiger charge is -2.19. The zero-order chi connectivity index (χ0) is 38.5. The van der Waals surface area contributed by atoms with Gasteiger partial charge in [-0.3, -0.25) is 9.59 Å². The summed E-state index contributed by atoms with van der Waals surface area (Å²) in [6, 6.07) is 0. The molecular weight excluding hydrogens is 662 g/mol. The van der Waals surface area contributed by atoms with Crippen LogP contribution in [0.5, 0.6) is 0 Å². The van der Waals surface area contributed by atoms with Crippen molar-refractivity contribution in [1.82, 2.24) is 4.90 Å². The summed E-state index contributed by atoms with van der Waals surface area (Å²) in [5.41, 5.74) is 0. The number of carbonyl (C=O) groups is 3. The normalized spacial score (nSPS) is 12.9. The predicted molar refractivity (Wildman–Crippen MR) is 209 cm³/mol. The van der Waals surface area contributed by atoms with Crippen molar-refractivity contribution in [3.63, 3.8) is 0 Å². The Morgan fingerprint density at radius 3 is 1.71 bits per heavy atom. The third-order valence-corrected chi connectivity index (χ3v) is 8.63. The molecule has 10 nitrogen and oxygen atoms in total. The van der Waals surface area contributed by atoms with Gasteiger partial charge >= 0.3 is 18.1 Å². The van der Waals surface area contributed by atoms with Crippen molar-refractivity contribution in [2.45, 2.75) is 170 Å². The topological polar surface area (TPSA) is 110 Å². The Hall–Kier alpha value is -2.43. The number of hydrogen-bond acceptors (Lipinski definition) is 10. The van der Waals surface area contributed by atoms with Gasteiger partial charge in [-0.1, -0.05) is 85.1 Å². The van der Waals surface area contributed by atoms with Crippen LogP contribution in [0.3, 0.4) is 0 Å². The van der Waals surface area contributed by atoms with Crippen molar-refractivity contribution in [1.29, 1.82) is 0 Å². The maximum absolute atomic E-state index is 12.6. The van der Waals surface area contributed by atoms with Crippen LogP contribution in [0.2, 0.25) is 0 Å². The molecule has 0 rings (SSSR count). The zero-order valence-corrected chi connectivity index (χ0v) is 34.0. The molecule has 52 heavy (non-hydrogen) atoms. The monoisotopic (exact) mass is 740 g/mol. The summed E-state index contributed by atoms with van der Waals surface area (Å²) in [7, 11) is 0. The van der Waals surface area contributed by atoms with E-state index in [1.165, 1.54) is 0 Å². The summed E-state index contributed by atoms with van der Waals surface area (Å²) in [5.74, 6) is -0.854. The van der Waals surface area contributed by atoms with Gasteiger partial charge in [0.2, 0.25) is 0 Å². The van der Waals surface area contributed by atoms with Crippen LogP contribution in [-0.4, -0.2) is 88.1 Å². The number of ether oxygens (including phenoxy) is 6. The molecule has 0 aromatic carbocycles. The van der Waals surface area contributed by atoms with Crippen molar-refractivity contribution in [3.05, 3.63) is 24.3 Å². The Morgan fingerprint density at radius 1 is 0.596 bits per heavy atom. The quantitative estimate of drug-likeness (QED) is 0.0202. The van der Waals surface area contributed by atoms with E-state index in [1.807, 2.05) is 6.92 Å². The van der Waals surface area contributed by atoms with Crippen molar-refractivity contribution in [3.8, 4) is 0 Å². The van der Waals surface area contributed by atoms with Crippen LogP contribution < -0.4 is 0 Å². The van der Waals surface area contributed by atoms with E-state index in [0.717, 1.165) is 103 Å². The van der Waals surface area contributed by atoms with Crippen LogP contribution in [0.15, 0.2) is 24.3 Å². The van der Waals surface area contributed by atoms with Crippen LogP contribution in [0.1, 0.15) is 157 Å². The Morgan fingerprint density at radius 2 is 1.17 bits per heavy atom. The second-order valence-electron chi connectivity index (χ2n) is 13.5. The third-order valence-electron chi connectivity index (χ3n) is 8.63. The van der Waals surface area contributed by atoms with Crippen molar-refractivity contribution >= 4 is 18.1 Å². The lowest BCUT2D eigenvalue weighted by Crippen LogP contribution is -2.26. The first-order valence-corrected chi connectivity index (χ1v) is 20.7. The number of esters is 2. The predicted octanol–water partition coefficient (Wildman–Crippen LogP) is 10.1. The molecule has 2 unspecified atom stereocenters. The highest BCUT2D eigenvalue weighted by Gasteiger charge is 2.19. The summed E-state index contributed by atoms with van der Waals surface area (Å²) >= 11 is 0. The van der Waals surface area contributed by atoms with Gasteiger partial charge in [-0.15, -0.1) is 0 Å². The zero-order valence-electron chi connectivity index (χ0n) is 34.0. The van der Waals surface area contributed by atoms with Gasteiger partial charge < -0.3 is 33.3 Å². The maximum atomic E-state index is 12.6. The van der Waals surface area contributed by atoms with E-state index in [2.05, 4.69) is 63.8 Å². The minimum absolute atomic E-state index is 0.131. The van der Waals surface area contributed by atoms with E-state index in [1.54, 1.807) is 0 Å². The Balaban J connectivity index is 4.57. The van der Waals surface area contributed by atoms with E-state index in [4.69, 9.17) is 28.4 Å². The molecule has 0 heterocycles. The van der Waals surface area contributed by atoms with E-state index >= 15 is 0 Å². The number of unbranched alkanes of at least 4 members (excludes halogenated alkanes) is 7. The molecule has 0 aromatic rings. The molecule has 0 fully saturated rings. The first-order valence-electron chi connectivity index (χ1n) is 20.7. The van der Waals surface area contributed by atoms with Gasteiger partial charge in [0, 0.05) is 38.5 Å². The summed E-state index contributed by atoms with van der Waals surface area (Å²) in [6.45, 7) is 17.1. The fraction of sp³-hybridized carbons (Fsp3) is 0.833. The molecule has 0 N–H and O–H groups in total. The fourth-order valence-electron chi connectivity index (χ4n) is 5.33. The minimum atomic E-state index is -0.681. The summed E-state index contributed by atoms with van der Waals surface area (Å²) in [5, 5.41) is 0. The van der Waals surface area contributed by atoms with Crippen LogP contribution in [-0.2, 0) is 38.0 Å². The SMILES string of the molecule is CC/C=C\CCCCOC(CCC(=O)OCC(C)COC(=O)CCC(CCCCCC)OC(=O)OCCCN(CC)CC)OCCCC/C=C\CC. The molecule has 0 amide bonds. The maximum Gasteiger partial charge on any atom is 0.508 e. The van der Waals surface area contributed by atoms with E-state index in [-0.39, 0.29) is 43.9 Å². The number of hydrogen-bond donors (Lipinski definition) is 0.